The number of furan rings is 1. The van der Waals surface area contributed by atoms with E-state index in [2.05, 4.69) is 10.3 Å². The number of fused-ring (bicyclic) bond motifs is 1. The Balaban J connectivity index is 1.73. The lowest BCUT2D eigenvalue weighted by Crippen LogP contribution is -2.11. The van der Waals surface area contributed by atoms with Crippen LogP contribution in [-0.4, -0.2) is 4.98 Å². The van der Waals surface area contributed by atoms with Gasteiger partial charge in [0.15, 0.2) is 5.22 Å². The van der Waals surface area contributed by atoms with Gasteiger partial charge in [-0.05, 0) is 24.6 Å². The van der Waals surface area contributed by atoms with Crippen molar-refractivity contribution in [2.24, 2.45) is 0 Å². The highest BCUT2D eigenvalue weighted by Crippen LogP contribution is 2.29. The smallest absolute Gasteiger partial charge is 0.199 e. The van der Waals surface area contributed by atoms with Crippen molar-refractivity contribution >= 4 is 33.9 Å². The normalized spacial score (nSPS) is 11.3. The topological polar surface area (TPSA) is 38.1 Å². The molecule has 0 bridgehead atoms. The van der Waals surface area contributed by atoms with Crippen LogP contribution in [0.25, 0.3) is 11.0 Å². The number of nitrogens with zero attached hydrogens (tertiary/aromatic N) is 1. The number of nitrogens with one attached hydrogen (secondary N) is 1. The van der Waals surface area contributed by atoms with Crippen LogP contribution >= 0.6 is 22.9 Å². The van der Waals surface area contributed by atoms with E-state index in [1.165, 1.54) is 4.88 Å². The molecule has 0 aliphatic carbocycles. The molecule has 19 heavy (non-hydrogen) atoms. The first-order valence-corrected chi connectivity index (χ1v) is 7.21. The molecule has 0 amide bonds. The highest BCUT2D eigenvalue weighted by molar-refractivity contribution is 7.11. The van der Waals surface area contributed by atoms with Crippen molar-refractivity contribution in [3.05, 3.63) is 51.1 Å². The third-order valence-corrected chi connectivity index (χ3v) is 4.14. The SMILES string of the molecule is Cc1ncc(CNCc2c(Cl)oc3ccccc23)s1. The van der Waals surface area contributed by atoms with E-state index >= 15 is 0 Å². The van der Waals surface area contributed by atoms with Crippen molar-refractivity contribution in [1.82, 2.24) is 10.3 Å². The summed E-state index contributed by atoms with van der Waals surface area (Å²) in [7, 11) is 0. The first-order chi connectivity index (χ1) is 9.24. The molecule has 1 aromatic carbocycles. The molecule has 0 saturated carbocycles. The maximum absolute atomic E-state index is 6.14. The van der Waals surface area contributed by atoms with Gasteiger partial charge < -0.3 is 9.73 Å². The molecule has 98 valence electrons. The minimum Gasteiger partial charge on any atom is -0.444 e. The number of hydrogen-bond donors (Lipinski definition) is 1. The number of rotatable bonds is 4. The minimum atomic E-state index is 0.467. The number of aryl methyl sites for hydroxylation is 1. The molecule has 0 unspecified atom stereocenters. The van der Waals surface area contributed by atoms with E-state index in [-0.39, 0.29) is 0 Å². The lowest BCUT2D eigenvalue weighted by atomic mass is 10.2. The highest BCUT2D eigenvalue weighted by atomic mass is 35.5. The van der Waals surface area contributed by atoms with Crippen molar-refractivity contribution < 1.29 is 4.42 Å². The van der Waals surface area contributed by atoms with E-state index < -0.39 is 0 Å². The molecule has 3 rings (SSSR count). The Morgan fingerprint density at radius 2 is 2.16 bits per heavy atom. The Labute approximate surface area is 120 Å². The van der Waals surface area contributed by atoms with Crippen LogP contribution in [0.4, 0.5) is 0 Å². The third-order valence-electron chi connectivity index (χ3n) is 2.92. The summed E-state index contributed by atoms with van der Waals surface area (Å²) in [4.78, 5) is 5.46. The van der Waals surface area contributed by atoms with Crippen molar-refractivity contribution in [2.75, 3.05) is 0 Å². The second-order valence-corrected chi connectivity index (χ2v) is 5.96. The Morgan fingerprint density at radius 1 is 1.32 bits per heavy atom. The number of benzene rings is 1. The van der Waals surface area contributed by atoms with E-state index in [0.717, 1.165) is 28.1 Å². The Morgan fingerprint density at radius 3 is 2.95 bits per heavy atom. The molecule has 2 heterocycles. The Kier molecular flexibility index (Phi) is 3.55. The molecule has 1 N–H and O–H groups in total. The molecule has 0 atom stereocenters. The second-order valence-electron chi connectivity index (χ2n) is 4.30. The summed E-state index contributed by atoms with van der Waals surface area (Å²) in [6.07, 6.45) is 1.90. The van der Waals surface area contributed by atoms with Crippen LogP contribution in [0.3, 0.4) is 0 Å². The Bertz CT molecular complexity index is 704. The molecule has 5 heteroatoms. The van der Waals surface area contributed by atoms with E-state index in [4.69, 9.17) is 16.0 Å². The molecular formula is C14H13ClN2OS. The average Bonchev–Trinajstić information content (AvgIpc) is 2.94. The zero-order valence-electron chi connectivity index (χ0n) is 10.4. The number of hydrogen-bond acceptors (Lipinski definition) is 4. The zero-order chi connectivity index (χ0) is 13.2. The molecule has 0 fully saturated rings. The van der Waals surface area contributed by atoms with Crippen LogP contribution in [0, 0.1) is 6.92 Å². The van der Waals surface area contributed by atoms with E-state index in [1.54, 1.807) is 11.3 Å². The van der Waals surface area contributed by atoms with Gasteiger partial charge in [-0.2, -0.15) is 0 Å². The fraction of sp³-hybridized carbons (Fsp3) is 0.214. The van der Waals surface area contributed by atoms with Crippen LogP contribution < -0.4 is 5.32 Å². The van der Waals surface area contributed by atoms with E-state index in [0.29, 0.717) is 11.8 Å². The van der Waals surface area contributed by atoms with E-state index in [9.17, 15) is 0 Å². The molecule has 2 aromatic heterocycles. The summed E-state index contributed by atoms with van der Waals surface area (Å²) in [6, 6.07) is 7.89. The quantitative estimate of drug-likeness (QED) is 0.785. The third kappa shape index (κ3) is 2.66. The molecule has 3 aromatic rings. The van der Waals surface area contributed by atoms with Gasteiger partial charge in [0.25, 0.3) is 0 Å². The van der Waals surface area contributed by atoms with Gasteiger partial charge in [-0.3, -0.25) is 0 Å². The van der Waals surface area contributed by atoms with Gasteiger partial charge in [0.1, 0.15) is 5.58 Å². The number of aromatic nitrogens is 1. The lowest BCUT2D eigenvalue weighted by Gasteiger charge is -2.01. The summed E-state index contributed by atoms with van der Waals surface area (Å²) in [5.41, 5.74) is 1.84. The van der Waals surface area contributed by atoms with Crippen LogP contribution in [0.2, 0.25) is 5.22 Å². The van der Waals surface area contributed by atoms with E-state index in [1.807, 2.05) is 37.4 Å². The van der Waals surface area contributed by atoms with Gasteiger partial charge in [-0.25, -0.2) is 4.98 Å². The zero-order valence-corrected chi connectivity index (χ0v) is 12.0. The number of halogens is 1. The fourth-order valence-corrected chi connectivity index (χ4v) is 3.05. The van der Waals surface area contributed by atoms with Gasteiger partial charge in [-0.1, -0.05) is 18.2 Å². The number of para-hydroxylation sites is 1. The lowest BCUT2D eigenvalue weighted by molar-refractivity contribution is 0.604. The molecule has 0 spiro atoms. The van der Waals surface area contributed by atoms with Crippen LogP contribution in [-0.2, 0) is 13.1 Å². The Hall–Kier alpha value is -1.36. The molecular weight excluding hydrogens is 280 g/mol. The monoisotopic (exact) mass is 292 g/mol. The second kappa shape index (κ2) is 5.33. The predicted molar refractivity (Wildman–Crippen MR) is 78.6 cm³/mol. The average molecular weight is 293 g/mol. The van der Waals surface area contributed by atoms with Crippen molar-refractivity contribution in [2.45, 2.75) is 20.0 Å². The standard InChI is InChI=1S/C14H13ClN2OS/c1-9-17-7-10(19-9)6-16-8-12-11-4-2-3-5-13(11)18-14(12)15/h2-5,7,16H,6,8H2,1H3. The van der Waals surface area contributed by atoms with Crippen molar-refractivity contribution in [3.63, 3.8) is 0 Å². The molecule has 3 nitrogen and oxygen atoms in total. The molecule has 0 aliphatic rings. The summed E-state index contributed by atoms with van der Waals surface area (Å²) in [5, 5.41) is 6.00. The van der Waals surface area contributed by atoms with Crippen molar-refractivity contribution in [1.29, 1.82) is 0 Å². The summed E-state index contributed by atoms with van der Waals surface area (Å²) < 4.78 is 5.52. The summed E-state index contributed by atoms with van der Waals surface area (Å²) >= 11 is 7.84. The largest absolute Gasteiger partial charge is 0.444 e. The molecule has 0 aliphatic heterocycles. The van der Waals surface area contributed by atoms with Crippen LogP contribution in [0.1, 0.15) is 15.4 Å². The highest BCUT2D eigenvalue weighted by Gasteiger charge is 2.11. The summed E-state index contributed by atoms with van der Waals surface area (Å²) in [5.74, 6) is 0. The van der Waals surface area contributed by atoms with Crippen LogP contribution in [0.15, 0.2) is 34.9 Å². The van der Waals surface area contributed by atoms with Gasteiger partial charge in [-0.15, -0.1) is 11.3 Å². The molecule has 0 radical (unpaired) electrons. The van der Waals surface area contributed by atoms with Crippen LogP contribution in [0.5, 0.6) is 0 Å². The minimum absolute atomic E-state index is 0.467. The fourth-order valence-electron chi connectivity index (χ4n) is 2.03. The predicted octanol–water partition coefficient (Wildman–Crippen LogP) is 4.14. The summed E-state index contributed by atoms with van der Waals surface area (Å²) in [6.45, 7) is 3.49. The number of thiazole rings is 1. The van der Waals surface area contributed by atoms with Gasteiger partial charge in [0, 0.05) is 35.1 Å². The maximum atomic E-state index is 6.14. The first-order valence-electron chi connectivity index (χ1n) is 6.02. The van der Waals surface area contributed by atoms with Gasteiger partial charge in [0.05, 0.1) is 5.01 Å². The molecule has 0 saturated heterocycles. The first kappa shape index (κ1) is 12.7. The van der Waals surface area contributed by atoms with Gasteiger partial charge in [0.2, 0.25) is 0 Å². The van der Waals surface area contributed by atoms with Crippen molar-refractivity contribution in [3.8, 4) is 0 Å². The maximum Gasteiger partial charge on any atom is 0.199 e. The van der Waals surface area contributed by atoms with Gasteiger partial charge >= 0.3 is 0 Å².